The molecule has 35 heavy (non-hydrogen) atoms. The van der Waals surface area contributed by atoms with E-state index in [9.17, 15) is 19.7 Å². The van der Waals surface area contributed by atoms with Crippen molar-refractivity contribution in [3.8, 4) is 11.3 Å². The monoisotopic (exact) mass is 469 g/mol. The van der Waals surface area contributed by atoms with Gasteiger partial charge in [-0.25, -0.2) is 5.01 Å². The molecule has 10 heteroatoms. The van der Waals surface area contributed by atoms with Gasteiger partial charge in [0.25, 0.3) is 11.6 Å². The second-order valence-corrected chi connectivity index (χ2v) is 8.52. The molecule has 1 atom stereocenters. The second-order valence-electron chi connectivity index (χ2n) is 8.52. The minimum absolute atomic E-state index is 0.0399. The first kappa shape index (κ1) is 20.8. The van der Waals surface area contributed by atoms with E-state index in [1.807, 2.05) is 24.3 Å². The highest BCUT2D eigenvalue weighted by Gasteiger charge is 2.43. The number of nitro benzene ring substituents is 1. The minimum atomic E-state index is -0.614. The Morgan fingerprint density at radius 2 is 1.94 bits per heavy atom. The molecule has 174 valence electrons. The Balaban J connectivity index is 1.23. The van der Waals surface area contributed by atoms with E-state index >= 15 is 0 Å². The zero-order valence-corrected chi connectivity index (χ0v) is 18.4. The molecule has 6 rings (SSSR count). The van der Waals surface area contributed by atoms with Gasteiger partial charge in [-0.1, -0.05) is 30.3 Å². The van der Waals surface area contributed by atoms with Crippen molar-refractivity contribution in [2.75, 3.05) is 6.54 Å². The third-order valence-corrected chi connectivity index (χ3v) is 6.44. The van der Waals surface area contributed by atoms with E-state index in [1.54, 1.807) is 29.2 Å². The third kappa shape index (κ3) is 3.55. The van der Waals surface area contributed by atoms with E-state index in [1.165, 1.54) is 23.4 Å². The quantitative estimate of drug-likeness (QED) is 0.278. The average Bonchev–Trinajstić information content (AvgIpc) is 3.49. The maximum Gasteiger partial charge on any atom is 0.270 e. The number of nitrogens with one attached hydrogen (secondary N) is 1. The number of para-hydroxylation sites is 1. The molecule has 0 saturated carbocycles. The number of amides is 2. The molecule has 2 aromatic carbocycles. The molecule has 0 spiro atoms. The van der Waals surface area contributed by atoms with Crippen molar-refractivity contribution in [3.05, 3.63) is 87.8 Å². The summed E-state index contributed by atoms with van der Waals surface area (Å²) in [6.07, 6.45) is 1.80. The van der Waals surface area contributed by atoms with E-state index in [0.29, 0.717) is 30.0 Å². The van der Waals surface area contributed by atoms with Crippen molar-refractivity contribution in [2.45, 2.75) is 19.0 Å². The Hall–Kier alpha value is -4.73. The van der Waals surface area contributed by atoms with Crippen LogP contribution in [0.4, 0.5) is 5.69 Å². The first-order valence-corrected chi connectivity index (χ1v) is 11.1. The van der Waals surface area contributed by atoms with Gasteiger partial charge in [-0.05, 0) is 23.8 Å². The Bertz CT molecular complexity index is 1530. The van der Waals surface area contributed by atoms with E-state index in [2.05, 4.69) is 10.1 Å². The predicted molar refractivity (Wildman–Crippen MR) is 126 cm³/mol. The number of benzene rings is 2. The van der Waals surface area contributed by atoms with Crippen molar-refractivity contribution in [1.82, 2.24) is 14.9 Å². The number of rotatable bonds is 4. The summed E-state index contributed by atoms with van der Waals surface area (Å²) in [6.45, 7) is 0.210. The van der Waals surface area contributed by atoms with Crippen molar-refractivity contribution in [2.24, 2.45) is 5.10 Å². The summed E-state index contributed by atoms with van der Waals surface area (Å²) in [6, 6.07) is 16.7. The summed E-state index contributed by atoms with van der Waals surface area (Å²) in [4.78, 5) is 41.6. The van der Waals surface area contributed by atoms with Crippen molar-refractivity contribution in [1.29, 1.82) is 0 Å². The highest BCUT2D eigenvalue weighted by molar-refractivity contribution is 5.97. The van der Waals surface area contributed by atoms with Crippen LogP contribution in [0.3, 0.4) is 0 Å². The summed E-state index contributed by atoms with van der Waals surface area (Å²) < 4.78 is 5.74. The number of aromatic nitrogens is 1. The number of carbonyl (C=O) groups excluding carboxylic acids is 2. The fourth-order valence-electron chi connectivity index (χ4n) is 4.73. The van der Waals surface area contributed by atoms with Crippen LogP contribution in [0.5, 0.6) is 0 Å². The first-order chi connectivity index (χ1) is 17.0. The van der Waals surface area contributed by atoms with E-state index in [0.717, 1.165) is 22.2 Å². The summed E-state index contributed by atoms with van der Waals surface area (Å²) in [5, 5.41) is 17.5. The number of non-ortho nitro benzene ring substituents is 1. The fourth-order valence-corrected chi connectivity index (χ4v) is 4.73. The maximum atomic E-state index is 13.2. The lowest BCUT2D eigenvalue weighted by Gasteiger charge is -2.40. The van der Waals surface area contributed by atoms with Gasteiger partial charge in [0.2, 0.25) is 5.91 Å². The highest BCUT2D eigenvalue weighted by Crippen LogP contribution is 2.32. The standard InChI is InChI=1S/C25H19N5O5/c31-24-14-29(26-12-17-8-9-23(35-17)15-4-3-5-16(10-15)30(33)34)25(32)22-11-19-18-6-1-2-7-20(18)27-21(19)13-28(22)24/h1-10,12,22,27H,11,13-14H2/b26-12+/t22-/m1/s1. The van der Waals surface area contributed by atoms with Crippen molar-refractivity contribution in [3.63, 3.8) is 0 Å². The molecule has 1 N–H and O–H groups in total. The number of hydrogen-bond acceptors (Lipinski definition) is 6. The molecule has 10 nitrogen and oxygen atoms in total. The molecule has 4 heterocycles. The largest absolute Gasteiger partial charge is 0.455 e. The molecule has 4 aromatic rings. The molecule has 2 aliphatic rings. The predicted octanol–water partition coefficient (Wildman–Crippen LogP) is 3.47. The highest BCUT2D eigenvalue weighted by atomic mass is 16.6. The zero-order valence-electron chi connectivity index (χ0n) is 18.4. The van der Waals surface area contributed by atoms with Crippen molar-refractivity contribution >= 4 is 34.6 Å². The normalized spacial score (nSPS) is 17.8. The lowest BCUT2D eigenvalue weighted by molar-refractivity contribution is -0.384. The van der Waals surface area contributed by atoms with Gasteiger partial charge in [0.1, 0.15) is 24.1 Å². The van der Waals surface area contributed by atoms with Crippen LogP contribution >= 0.6 is 0 Å². The lowest BCUT2D eigenvalue weighted by Crippen LogP contribution is -2.60. The zero-order chi connectivity index (χ0) is 24.1. The van der Waals surface area contributed by atoms with E-state index in [-0.39, 0.29) is 24.0 Å². The van der Waals surface area contributed by atoms with Gasteiger partial charge in [0.05, 0.1) is 17.7 Å². The number of carbonyl (C=O) groups is 2. The van der Waals surface area contributed by atoms with Crippen LogP contribution in [-0.4, -0.2) is 50.4 Å². The van der Waals surface area contributed by atoms with Crippen LogP contribution in [0, 0.1) is 10.1 Å². The minimum Gasteiger partial charge on any atom is -0.455 e. The van der Waals surface area contributed by atoms with E-state index in [4.69, 9.17) is 4.42 Å². The fraction of sp³-hybridized carbons (Fsp3) is 0.160. The van der Waals surface area contributed by atoms with Crippen LogP contribution < -0.4 is 0 Å². The number of furan rings is 1. The van der Waals surface area contributed by atoms with Crippen LogP contribution in [0.1, 0.15) is 17.0 Å². The first-order valence-electron chi connectivity index (χ1n) is 11.1. The Morgan fingerprint density at radius 3 is 2.80 bits per heavy atom. The molecular weight excluding hydrogens is 450 g/mol. The van der Waals surface area contributed by atoms with Gasteiger partial charge in [-0.15, -0.1) is 0 Å². The van der Waals surface area contributed by atoms with Crippen LogP contribution in [0.15, 0.2) is 70.2 Å². The van der Waals surface area contributed by atoms with Gasteiger partial charge in [0, 0.05) is 40.7 Å². The van der Waals surface area contributed by atoms with Crippen LogP contribution in [-0.2, 0) is 22.6 Å². The molecular formula is C25H19N5O5. The Kier molecular flexibility index (Phi) is 4.73. The van der Waals surface area contributed by atoms with E-state index < -0.39 is 11.0 Å². The number of hydrogen-bond donors (Lipinski definition) is 1. The molecule has 1 fully saturated rings. The van der Waals surface area contributed by atoms with Crippen LogP contribution in [0.25, 0.3) is 22.2 Å². The molecule has 2 aromatic heterocycles. The summed E-state index contributed by atoms with van der Waals surface area (Å²) in [5.74, 6) is 0.369. The van der Waals surface area contributed by atoms with Gasteiger partial charge in [-0.3, -0.25) is 19.7 Å². The molecule has 2 aliphatic heterocycles. The smallest absolute Gasteiger partial charge is 0.270 e. The number of fused-ring (bicyclic) bond motifs is 4. The summed E-state index contributed by atoms with van der Waals surface area (Å²) in [5.41, 5.74) is 3.52. The number of nitro groups is 1. The topological polar surface area (TPSA) is 125 Å². The lowest BCUT2D eigenvalue weighted by atomic mass is 9.94. The number of H-pyrrole nitrogens is 1. The number of aromatic amines is 1. The Morgan fingerprint density at radius 1 is 1.09 bits per heavy atom. The number of hydrazone groups is 1. The number of nitrogens with zero attached hydrogens (tertiary/aromatic N) is 4. The molecule has 0 bridgehead atoms. The van der Waals surface area contributed by atoms with Gasteiger partial charge in [0.15, 0.2) is 0 Å². The maximum absolute atomic E-state index is 13.2. The van der Waals surface area contributed by atoms with Gasteiger partial charge in [-0.2, -0.15) is 5.10 Å². The summed E-state index contributed by atoms with van der Waals surface area (Å²) >= 11 is 0. The molecule has 0 aliphatic carbocycles. The molecule has 2 amide bonds. The second kappa shape index (κ2) is 7.94. The van der Waals surface area contributed by atoms with Gasteiger partial charge < -0.3 is 14.3 Å². The average molecular weight is 469 g/mol. The summed E-state index contributed by atoms with van der Waals surface area (Å²) in [7, 11) is 0. The Labute approximate surface area is 198 Å². The molecule has 1 saturated heterocycles. The SMILES string of the molecule is O=C1[C@H]2Cc3c([nH]c4ccccc34)CN2C(=O)CN1/N=C/c1ccc(-c2cccc([N+](=O)[O-])c2)o1. The van der Waals surface area contributed by atoms with Crippen molar-refractivity contribution < 1.29 is 18.9 Å². The van der Waals surface area contributed by atoms with Gasteiger partial charge >= 0.3 is 0 Å². The number of piperazine rings is 1. The molecule has 0 unspecified atom stereocenters. The van der Waals surface area contributed by atoms with Crippen LogP contribution in [0.2, 0.25) is 0 Å². The third-order valence-electron chi connectivity index (χ3n) is 6.44. The molecule has 0 radical (unpaired) electrons.